The van der Waals surface area contributed by atoms with Crippen LogP contribution in [0.3, 0.4) is 0 Å². The third-order valence-corrected chi connectivity index (χ3v) is 2.39. The highest BCUT2D eigenvalue weighted by Crippen LogP contribution is 2.33. The summed E-state index contributed by atoms with van der Waals surface area (Å²) in [6, 6.07) is 3.46. The molecule has 14 heavy (non-hydrogen) atoms. The van der Waals surface area contributed by atoms with Crippen molar-refractivity contribution >= 4 is 5.69 Å². The van der Waals surface area contributed by atoms with Gasteiger partial charge < -0.3 is 16.6 Å². The van der Waals surface area contributed by atoms with Crippen LogP contribution in [0.25, 0.3) is 0 Å². The van der Waals surface area contributed by atoms with Gasteiger partial charge in [0, 0.05) is 11.6 Å². The lowest BCUT2D eigenvalue weighted by molar-refractivity contribution is 0.442. The van der Waals surface area contributed by atoms with Crippen LogP contribution in [0.1, 0.15) is 31.0 Å². The summed E-state index contributed by atoms with van der Waals surface area (Å²) < 4.78 is 0. The van der Waals surface area contributed by atoms with Gasteiger partial charge in [-0.1, -0.05) is 19.9 Å². The monoisotopic (exact) mass is 194 g/mol. The van der Waals surface area contributed by atoms with Crippen molar-refractivity contribution in [3.05, 3.63) is 23.3 Å². The molecule has 0 fully saturated rings. The molecule has 0 heterocycles. The van der Waals surface area contributed by atoms with Crippen molar-refractivity contribution in [2.45, 2.75) is 26.8 Å². The molecule has 0 radical (unpaired) electrons. The Bertz CT molecular complexity index is 334. The second kappa shape index (κ2) is 3.88. The lowest BCUT2D eigenvalue weighted by Crippen LogP contribution is -2.17. The van der Waals surface area contributed by atoms with Crippen LogP contribution in [-0.4, -0.2) is 5.11 Å². The van der Waals surface area contributed by atoms with Crippen molar-refractivity contribution < 1.29 is 5.11 Å². The predicted molar refractivity (Wildman–Crippen MR) is 59.0 cm³/mol. The van der Waals surface area contributed by atoms with Gasteiger partial charge in [0.2, 0.25) is 0 Å². The molecule has 1 atom stereocenters. The summed E-state index contributed by atoms with van der Waals surface area (Å²) in [5.41, 5.74) is 13.8. The van der Waals surface area contributed by atoms with Crippen molar-refractivity contribution in [3.63, 3.8) is 0 Å². The molecule has 3 heteroatoms. The SMILES string of the molecule is Cc1cc(N)c(O)c([C@@H](N)C(C)C)c1. The standard InChI is InChI=1S/C11H18N2O/c1-6(2)10(13)8-4-7(3)5-9(12)11(8)14/h4-6,10,14H,12-13H2,1-3H3/t10-/m0/s1. The molecule has 78 valence electrons. The molecule has 0 saturated heterocycles. The lowest BCUT2D eigenvalue weighted by Gasteiger charge is -2.18. The van der Waals surface area contributed by atoms with Crippen molar-refractivity contribution in [3.8, 4) is 5.75 Å². The molecule has 0 spiro atoms. The van der Waals surface area contributed by atoms with Gasteiger partial charge in [0.1, 0.15) is 5.75 Å². The maximum absolute atomic E-state index is 9.74. The third kappa shape index (κ3) is 1.99. The van der Waals surface area contributed by atoms with Crippen LogP contribution in [-0.2, 0) is 0 Å². The van der Waals surface area contributed by atoms with Crippen molar-refractivity contribution in [1.29, 1.82) is 0 Å². The molecule has 0 bridgehead atoms. The van der Waals surface area contributed by atoms with E-state index in [2.05, 4.69) is 0 Å². The summed E-state index contributed by atoms with van der Waals surface area (Å²) in [7, 11) is 0. The summed E-state index contributed by atoms with van der Waals surface area (Å²) >= 11 is 0. The molecule has 3 nitrogen and oxygen atoms in total. The molecule has 0 amide bonds. The van der Waals surface area contributed by atoms with Crippen LogP contribution < -0.4 is 11.5 Å². The first-order chi connectivity index (χ1) is 6.43. The van der Waals surface area contributed by atoms with Crippen LogP contribution in [0, 0.1) is 12.8 Å². The number of phenolic OH excluding ortho intramolecular Hbond substituents is 1. The van der Waals surface area contributed by atoms with E-state index in [1.54, 1.807) is 6.07 Å². The van der Waals surface area contributed by atoms with E-state index in [1.165, 1.54) is 0 Å². The smallest absolute Gasteiger partial charge is 0.143 e. The van der Waals surface area contributed by atoms with E-state index in [9.17, 15) is 5.11 Å². The fourth-order valence-electron chi connectivity index (χ4n) is 1.45. The molecule has 0 aliphatic rings. The number of aryl methyl sites for hydroxylation is 1. The van der Waals surface area contributed by atoms with E-state index < -0.39 is 0 Å². The molecule has 1 aromatic carbocycles. The summed E-state index contributed by atoms with van der Waals surface area (Å²) in [6.07, 6.45) is 0. The van der Waals surface area contributed by atoms with Gasteiger partial charge in [-0.15, -0.1) is 0 Å². The van der Waals surface area contributed by atoms with Gasteiger partial charge in [-0.05, 0) is 24.5 Å². The lowest BCUT2D eigenvalue weighted by atomic mass is 9.94. The Morgan fingerprint density at radius 3 is 2.36 bits per heavy atom. The maximum Gasteiger partial charge on any atom is 0.143 e. The van der Waals surface area contributed by atoms with E-state index in [-0.39, 0.29) is 17.7 Å². The Morgan fingerprint density at radius 1 is 1.29 bits per heavy atom. The van der Waals surface area contributed by atoms with Crippen LogP contribution in [0.2, 0.25) is 0 Å². The van der Waals surface area contributed by atoms with Crippen LogP contribution in [0.4, 0.5) is 5.69 Å². The summed E-state index contributed by atoms with van der Waals surface area (Å²) in [5.74, 6) is 0.402. The van der Waals surface area contributed by atoms with Crippen molar-refractivity contribution in [2.75, 3.05) is 5.73 Å². The highest BCUT2D eigenvalue weighted by molar-refractivity contribution is 5.58. The number of nitrogens with two attached hydrogens (primary N) is 2. The van der Waals surface area contributed by atoms with E-state index in [1.807, 2.05) is 26.8 Å². The van der Waals surface area contributed by atoms with Crippen LogP contribution in [0.15, 0.2) is 12.1 Å². The number of benzene rings is 1. The average Bonchev–Trinajstić information content (AvgIpc) is 2.09. The second-order valence-corrected chi connectivity index (χ2v) is 4.06. The first-order valence-electron chi connectivity index (χ1n) is 4.78. The fourth-order valence-corrected chi connectivity index (χ4v) is 1.45. The first-order valence-corrected chi connectivity index (χ1v) is 4.78. The molecule has 1 rings (SSSR count). The average molecular weight is 194 g/mol. The number of hydrogen-bond donors (Lipinski definition) is 3. The highest BCUT2D eigenvalue weighted by atomic mass is 16.3. The number of aromatic hydroxyl groups is 1. The minimum Gasteiger partial charge on any atom is -0.505 e. The molecule has 0 unspecified atom stereocenters. The molecule has 5 N–H and O–H groups in total. The third-order valence-electron chi connectivity index (χ3n) is 2.39. The number of phenols is 1. The summed E-state index contributed by atoms with van der Waals surface area (Å²) in [6.45, 7) is 5.97. The van der Waals surface area contributed by atoms with Gasteiger partial charge in [-0.25, -0.2) is 0 Å². The molecule has 0 saturated carbocycles. The normalized spacial score (nSPS) is 13.2. The minimum atomic E-state index is -0.169. The van der Waals surface area contributed by atoms with Crippen molar-refractivity contribution in [2.24, 2.45) is 11.7 Å². The largest absolute Gasteiger partial charge is 0.505 e. The Hall–Kier alpha value is -1.22. The Labute approximate surface area is 84.7 Å². The topological polar surface area (TPSA) is 72.3 Å². The van der Waals surface area contributed by atoms with Gasteiger partial charge in [0.05, 0.1) is 5.69 Å². The van der Waals surface area contributed by atoms with E-state index in [4.69, 9.17) is 11.5 Å². The summed E-state index contributed by atoms with van der Waals surface area (Å²) in [5, 5.41) is 9.74. The molecule has 0 aliphatic heterocycles. The number of rotatable bonds is 2. The quantitative estimate of drug-likeness (QED) is 0.497. The zero-order valence-corrected chi connectivity index (χ0v) is 8.91. The van der Waals surface area contributed by atoms with E-state index in [0.29, 0.717) is 5.69 Å². The molecule has 0 aromatic heterocycles. The van der Waals surface area contributed by atoms with Gasteiger partial charge in [0.15, 0.2) is 0 Å². The number of hydrogen-bond acceptors (Lipinski definition) is 3. The second-order valence-electron chi connectivity index (χ2n) is 4.06. The zero-order chi connectivity index (χ0) is 10.9. The highest BCUT2D eigenvalue weighted by Gasteiger charge is 2.16. The number of anilines is 1. The van der Waals surface area contributed by atoms with Gasteiger partial charge in [-0.2, -0.15) is 0 Å². The van der Waals surface area contributed by atoms with Crippen LogP contribution >= 0.6 is 0 Å². The predicted octanol–water partition coefficient (Wildman–Crippen LogP) is 1.94. The van der Waals surface area contributed by atoms with E-state index in [0.717, 1.165) is 11.1 Å². The first kappa shape index (κ1) is 10.9. The maximum atomic E-state index is 9.74. The van der Waals surface area contributed by atoms with Crippen LogP contribution in [0.5, 0.6) is 5.75 Å². The molecular formula is C11H18N2O. The Balaban J connectivity index is 3.20. The molecule has 1 aromatic rings. The fraction of sp³-hybridized carbons (Fsp3) is 0.455. The summed E-state index contributed by atoms with van der Waals surface area (Å²) in [4.78, 5) is 0. The molecular weight excluding hydrogens is 176 g/mol. The van der Waals surface area contributed by atoms with Crippen molar-refractivity contribution in [1.82, 2.24) is 0 Å². The Morgan fingerprint density at radius 2 is 1.86 bits per heavy atom. The minimum absolute atomic E-state index is 0.122. The van der Waals surface area contributed by atoms with Gasteiger partial charge in [0.25, 0.3) is 0 Å². The van der Waals surface area contributed by atoms with Gasteiger partial charge >= 0.3 is 0 Å². The molecule has 0 aliphatic carbocycles. The van der Waals surface area contributed by atoms with E-state index >= 15 is 0 Å². The zero-order valence-electron chi connectivity index (χ0n) is 8.91. The number of nitrogen functional groups attached to an aromatic ring is 1. The van der Waals surface area contributed by atoms with Gasteiger partial charge in [-0.3, -0.25) is 0 Å². The Kier molecular flexibility index (Phi) is 3.01.